The minimum absolute atomic E-state index is 0.118. The smallest absolute Gasteiger partial charge is 0.191 e. The van der Waals surface area contributed by atoms with Gasteiger partial charge in [0.05, 0.1) is 13.2 Å². The van der Waals surface area contributed by atoms with Crippen molar-refractivity contribution < 1.29 is 9.47 Å². The Kier molecular flexibility index (Phi) is 10.9. The lowest BCUT2D eigenvalue weighted by Crippen LogP contribution is -2.39. The van der Waals surface area contributed by atoms with Crippen molar-refractivity contribution in [3.8, 4) is 0 Å². The van der Waals surface area contributed by atoms with Crippen molar-refractivity contribution in [2.24, 2.45) is 10.4 Å². The lowest BCUT2D eigenvalue weighted by Gasteiger charge is -2.23. The SMILES string of the molecule is CCNC(=NCC(C)(C)Cc1ccccc1)NCCCOCCOC. The Morgan fingerprint density at radius 2 is 1.84 bits per heavy atom. The van der Waals surface area contributed by atoms with Crippen LogP contribution >= 0.6 is 0 Å². The standard InChI is InChI=1S/C20H35N3O2/c1-5-21-19(22-12-9-13-25-15-14-24-4)23-17-20(2,3)16-18-10-7-6-8-11-18/h6-8,10-11H,5,9,12-17H2,1-4H3,(H2,21,22,23). The third kappa shape index (κ3) is 10.8. The number of methoxy groups -OCH3 is 1. The summed E-state index contributed by atoms with van der Waals surface area (Å²) in [6, 6.07) is 10.6. The summed E-state index contributed by atoms with van der Waals surface area (Å²) in [5, 5.41) is 6.68. The van der Waals surface area contributed by atoms with Gasteiger partial charge in [-0.05, 0) is 30.7 Å². The van der Waals surface area contributed by atoms with Crippen LogP contribution in [0.15, 0.2) is 35.3 Å². The van der Waals surface area contributed by atoms with E-state index in [1.165, 1.54) is 5.56 Å². The minimum Gasteiger partial charge on any atom is -0.382 e. The zero-order valence-electron chi connectivity index (χ0n) is 16.3. The third-order valence-corrected chi connectivity index (χ3v) is 3.72. The van der Waals surface area contributed by atoms with E-state index < -0.39 is 0 Å². The van der Waals surface area contributed by atoms with Gasteiger partial charge in [0.25, 0.3) is 0 Å². The highest BCUT2D eigenvalue weighted by atomic mass is 16.5. The van der Waals surface area contributed by atoms with Crippen LogP contribution in [-0.4, -0.2) is 52.5 Å². The molecule has 0 bridgehead atoms. The number of hydrogen-bond donors (Lipinski definition) is 2. The van der Waals surface area contributed by atoms with Crippen LogP contribution in [0.25, 0.3) is 0 Å². The van der Waals surface area contributed by atoms with Gasteiger partial charge in [0.2, 0.25) is 0 Å². The van der Waals surface area contributed by atoms with Crippen LogP contribution in [0.4, 0.5) is 0 Å². The summed E-state index contributed by atoms with van der Waals surface area (Å²) in [5.41, 5.74) is 1.47. The second-order valence-electron chi connectivity index (χ2n) is 6.91. The summed E-state index contributed by atoms with van der Waals surface area (Å²) < 4.78 is 10.4. The van der Waals surface area contributed by atoms with Crippen LogP contribution in [0, 0.1) is 5.41 Å². The molecule has 0 aliphatic heterocycles. The molecule has 0 spiro atoms. The van der Waals surface area contributed by atoms with E-state index in [1.54, 1.807) is 7.11 Å². The maximum absolute atomic E-state index is 5.47. The maximum Gasteiger partial charge on any atom is 0.191 e. The molecule has 142 valence electrons. The molecule has 0 saturated carbocycles. The molecule has 0 aromatic heterocycles. The van der Waals surface area contributed by atoms with Gasteiger partial charge >= 0.3 is 0 Å². The van der Waals surface area contributed by atoms with Gasteiger partial charge in [0.1, 0.15) is 0 Å². The molecule has 5 nitrogen and oxygen atoms in total. The molecule has 1 aromatic carbocycles. The van der Waals surface area contributed by atoms with Crippen molar-refractivity contribution >= 4 is 5.96 Å². The molecule has 0 amide bonds. The largest absolute Gasteiger partial charge is 0.382 e. The number of rotatable bonds is 12. The van der Waals surface area contributed by atoms with Crippen LogP contribution < -0.4 is 10.6 Å². The van der Waals surface area contributed by atoms with Crippen LogP contribution in [0.2, 0.25) is 0 Å². The molecular formula is C20H35N3O2. The first kappa shape index (κ1) is 21.5. The van der Waals surface area contributed by atoms with E-state index in [-0.39, 0.29) is 5.41 Å². The fourth-order valence-corrected chi connectivity index (χ4v) is 2.46. The number of ether oxygens (including phenoxy) is 2. The molecule has 1 rings (SSSR count). The summed E-state index contributed by atoms with van der Waals surface area (Å²) in [6.45, 7) is 11.1. The highest BCUT2D eigenvalue weighted by Crippen LogP contribution is 2.22. The highest BCUT2D eigenvalue weighted by Gasteiger charge is 2.18. The Bertz CT molecular complexity index is 475. The van der Waals surface area contributed by atoms with Crippen molar-refractivity contribution in [1.82, 2.24) is 10.6 Å². The zero-order chi connectivity index (χ0) is 18.4. The van der Waals surface area contributed by atoms with Crippen LogP contribution in [-0.2, 0) is 15.9 Å². The molecule has 0 fully saturated rings. The summed E-state index contributed by atoms with van der Waals surface area (Å²) in [6.07, 6.45) is 1.96. The highest BCUT2D eigenvalue weighted by molar-refractivity contribution is 5.79. The molecule has 0 heterocycles. The average Bonchev–Trinajstić information content (AvgIpc) is 2.59. The first-order valence-electron chi connectivity index (χ1n) is 9.20. The molecular weight excluding hydrogens is 314 g/mol. The average molecular weight is 350 g/mol. The fraction of sp³-hybridized carbons (Fsp3) is 0.650. The zero-order valence-corrected chi connectivity index (χ0v) is 16.3. The predicted octanol–water partition coefficient (Wildman–Crippen LogP) is 2.86. The van der Waals surface area contributed by atoms with E-state index in [2.05, 4.69) is 61.7 Å². The molecule has 0 unspecified atom stereocenters. The van der Waals surface area contributed by atoms with Crippen molar-refractivity contribution in [3.63, 3.8) is 0 Å². The van der Waals surface area contributed by atoms with Gasteiger partial charge in [-0.2, -0.15) is 0 Å². The van der Waals surface area contributed by atoms with Crippen molar-refractivity contribution in [3.05, 3.63) is 35.9 Å². The Labute approximate surface area is 153 Å². The van der Waals surface area contributed by atoms with E-state index in [1.807, 2.05) is 0 Å². The second-order valence-corrected chi connectivity index (χ2v) is 6.91. The Balaban J connectivity index is 2.37. The number of nitrogens with one attached hydrogen (secondary N) is 2. The number of guanidine groups is 1. The minimum atomic E-state index is 0.118. The van der Waals surface area contributed by atoms with E-state index in [0.29, 0.717) is 13.2 Å². The molecule has 0 radical (unpaired) electrons. The van der Waals surface area contributed by atoms with Gasteiger partial charge < -0.3 is 20.1 Å². The predicted molar refractivity (Wildman–Crippen MR) is 105 cm³/mol. The monoisotopic (exact) mass is 349 g/mol. The molecule has 0 atom stereocenters. The van der Waals surface area contributed by atoms with Gasteiger partial charge in [0.15, 0.2) is 5.96 Å². The molecule has 0 saturated heterocycles. The summed E-state index contributed by atoms with van der Waals surface area (Å²) in [4.78, 5) is 4.76. The van der Waals surface area contributed by atoms with Crippen LogP contribution in [0.1, 0.15) is 32.8 Å². The van der Waals surface area contributed by atoms with E-state index >= 15 is 0 Å². The van der Waals surface area contributed by atoms with Gasteiger partial charge in [-0.1, -0.05) is 44.2 Å². The van der Waals surface area contributed by atoms with Gasteiger partial charge in [0, 0.05) is 33.4 Å². The van der Waals surface area contributed by atoms with E-state index in [9.17, 15) is 0 Å². The Hall–Kier alpha value is -1.59. The summed E-state index contributed by atoms with van der Waals surface area (Å²) in [5.74, 6) is 0.875. The third-order valence-electron chi connectivity index (χ3n) is 3.72. The van der Waals surface area contributed by atoms with Crippen molar-refractivity contribution in [1.29, 1.82) is 0 Å². The quantitative estimate of drug-likeness (QED) is 0.346. The number of hydrogen-bond acceptors (Lipinski definition) is 3. The molecule has 2 N–H and O–H groups in total. The van der Waals surface area contributed by atoms with Crippen LogP contribution in [0.5, 0.6) is 0 Å². The lowest BCUT2D eigenvalue weighted by atomic mass is 9.86. The molecule has 25 heavy (non-hydrogen) atoms. The van der Waals surface area contributed by atoms with Crippen molar-refractivity contribution in [2.75, 3.05) is 46.6 Å². The summed E-state index contributed by atoms with van der Waals surface area (Å²) in [7, 11) is 1.68. The number of benzene rings is 1. The van der Waals surface area contributed by atoms with Gasteiger partial charge in [-0.3, -0.25) is 4.99 Å². The number of nitrogens with zero attached hydrogens (tertiary/aromatic N) is 1. The first-order valence-corrected chi connectivity index (χ1v) is 9.20. The van der Waals surface area contributed by atoms with Crippen LogP contribution in [0.3, 0.4) is 0 Å². The molecule has 5 heteroatoms. The second kappa shape index (κ2) is 12.7. The fourth-order valence-electron chi connectivity index (χ4n) is 2.46. The topological polar surface area (TPSA) is 54.9 Å². The molecule has 0 aliphatic rings. The first-order chi connectivity index (χ1) is 12.1. The molecule has 0 aliphatic carbocycles. The maximum atomic E-state index is 5.47. The Morgan fingerprint density at radius 3 is 2.52 bits per heavy atom. The normalized spacial score (nSPS) is 12.2. The summed E-state index contributed by atoms with van der Waals surface area (Å²) >= 11 is 0. The van der Waals surface area contributed by atoms with Gasteiger partial charge in [-0.15, -0.1) is 0 Å². The lowest BCUT2D eigenvalue weighted by molar-refractivity contribution is 0.0698. The van der Waals surface area contributed by atoms with Crippen molar-refractivity contribution in [2.45, 2.75) is 33.6 Å². The van der Waals surface area contributed by atoms with Gasteiger partial charge in [-0.25, -0.2) is 0 Å². The Morgan fingerprint density at radius 1 is 1.08 bits per heavy atom. The number of aliphatic imine (C=N–C) groups is 1. The van der Waals surface area contributed by atoms with E-state index in [4.69, 9.17) is 14.5 Å². The van der Waals surface area contributed by atoms with E-state index in [0.717, 1.165) is 45.0 Å². The molecule has 1 aromatic rings.